The second-order valence-corrected chi connectivity index (χ2v) is 6.07. The number of carbonyl (C=O) groups is 1. The Bertz CT molecular complexity index is 431. The molecule has 1 aromatic rings. The van der Waals surface area contributed by atoms with Crippen LogP contribution in [-0.4, -0.2) is 25.2 Å². The van der Waals surface area contributed by atoms with Gasteiger partial charge in [-0.25, -0.2) is 0 Å². The van der Waals surface area contributed by atoms with Crippen LogP contribution in [-0.2, 0) is 4.74 Å². The summed E-state index contributed by atoms with van der Waals surface area (Å²) < 4.78 is 7.26. The molecule has 18 heavy (non-hydrogen) atoms. The fourth-order valence-electron chi connectivity index (χ4n) is 1.99. The zero-order chi connectivity index (χ0) is 13.0. The molecule has 1 atom stereocenters. The summed E-state index contributed by atoms with van der Waals surface area (Å²) in [6.07, 6.45) is 3.45. The SMILES string of the molecule is O=C(NCCC1CCCO1)c1ccc(Br)cc1Br. The summed E-state index contributed by atoms with van der Waals surface area (Å²) in [5.74, 6) is -0.0487. The lowest BCUT2D eigenvalue weighted by atomic mass is 10.1. The molecule has 5 heteroatoms. The summed E-state index contributed by atoms with van der Waals surface area (Å²) in [6, 6.07) is 5.53. The van der Waals surface area contributed by atoms with E-state index in [-0.39, 0.29) is 5.91 Å². The lowest BCUT2D eigenvalue weighted by molar-refractivity contribution is 0.0906. The minimum absolute atomic E-state index is 0.0487. The van der Waals surface area contributed by atoms with Crippen molar-refractivity contribution in [2.45, 2.75) is 25.4 Å². The van der Waals surface area contributed by atoms with Gasteiger partial charge in [0, 0.05) is 22.1 Å². The lowest BCUT2D eigenvalue weighted by Crippen LogP contribution is -2.27. The van der Waals surface area contributed by atoms with E-state index in [4.69, 9.17) is 4.74 Å². The number of benzene rings is 1. The van der Waals surface area contributed by atoms with Crippen LogP contribution in [0.5, 0.6) is 0 Å². The third-order valence-electron chi connectivity index (χ3n) is 2.95. The van der Waals surface area contributed by atoms with E-state index >= 15 is 0 Å². The maximum absolute atomic E-state index is 12.0. The Balaban J connectivity index is 1.83. The van der Waals surface area contributed by atoms with Crippen LogP contribution in [0.25, 0.3) is 0 Å². The topological polar surface area (TPSA) is 38.3 Å². The number of rotatable bonds is 4. The lowest BCUT2D eigenvalue weighted by Gasteiger charge is -2.10. The van der Waals surface area contributed by atoms with Gasteiger partial charge >= 0.3 is 0 Å². The smallest absolute Gasteiger partial charge is 0.252 e. The molecular formula is C13H15Br2NO2. The van der Waals surface area contributed by atoms with Crippen molar-refractivity contribution in [3.8, 4) is 0 Å². The summed E-state index contributed by atoms with van der Waals surface area (Å²) in [5, 5.41) is 2.92. The number of hydrogen-bond acceptors (Lipinski definition) is 2. The van der Waals surface area contributed by atoms with Crippen molar-refractivity contribution in [2.24, 2.45) is 0 Å². The molecule has 0 aromatic heterocycles. The summed E-state index contributed by atoms with van der Waals surface area (Å²) in [7, 11) is 0. The second kappa shape index (κ2) is 6.68. The molecule has 2 rings (SSSR count). The summed E-state index contributed by atoms with van der Waals surface area (Å²) in [4.78, 5) is 12.0. The maximum atomic E-state index is 12.0. The first kappa shape index (κ1) is 14.0. The van der Waals surface area contributed by atoms with Crippen LogP contribution in [0, 0.1) is 0 Å². The molecule has 1 aliphatic heterocycles. The van der Waals surface area contributed by atoms with E-state index in [2.05, 4.69) is 37.2 Å². The van der Waals surface area contributed by atoms with Crippen LogP contribution in [0.15, 0.2) is 27.1 Å². The van der Waals surface area contributed by atoms with Gasteiger partial charge in [-0.1, -0.05) is 15.9 Å². The van der Waals surface area contributed by atoms with Crippen molar-refractivity contribution < 1.29 is 9.53 Å². The van der Waals surface area contributed by atoms with Crippen LogP contribution < -0.4 is 5.32 Å². The largest absolute Gasteiger partial charge is 0.378 e. The number of hydrogen-bond donors (Lipinski definition) is 1. The molecule has 1 amide bonds. The molecule has 1 fully saturated rings. The van der Waals surface area contributed by atoms with Crippen LogP contribution in [0.1, 0.15) is 29.6 Å². The van der Waals surface area contributed by atoms with E-state index < -0.39 is 0 Å². The van der Waals surface area contributed by atoms with Gasteiger partial charge in [-0.15, -0.1) is 0 Å². The highest BCUT2D eigenvalue weighted by Gasteiger charge is 2.16. The first-order valence-corrected chi connectivity index (χ1v) is 7.60. The molecule has 0 saturated carbocycles. The number of nitrogens with one attached hydrogen (secondary N) is 1. The Morgan fingerprint density at radius 1 is 1.44 bits per heavy atom. The molecule has 1 heterocycles. The molecule has 0 spiro atoms. The van der Waals surface area contributed by atoms with Crippen LogP contribution in [0.3, 0.4) is 0 Å². The van der Waals surface area contributed by atoms with Crippen LogP contribution in [0.2, 0.25) is 0 Å². The molecule has 1 aliphatic rings. The van der Waals surface area contributed by atoms with Gasteiger partial charge < -0.3 is 10.1 Å². The van der Waals surface area contributed by atoms with Crippen LogP contribution >= 0.6 is 31.9 Å². The predicted octanol–water partition coefficient (Wildman–Crippen LogP) is 3.51. The average molecular weight is 377 g/mol. The molecule has 98 valence electrons. The minimum atomic E-state index is -0.0487. The van der Waals surface area contributed by atoms with E-state index in [0.717, 1.165) is 34.8 Å². The predicted molar refractivity (Wildman–Crippen MR) is 77.8 cm³/mol. The highest BCUT2D eigenvalue weighted by Crippen LogP contribution is 2.22. The maximum Gasteiger partial charge on any atom is 0.252 e. The highest BCUT2D eigenvalue weighted by atomic mass is 79.9. The Morgan fingerprint density at radius 2 is 2.28 bits per heavy atom. The van der Waals surface area contributed by atoms with Crippen molar-refractivity contribution in [3.05, 3.63) is 32.7 Å². The van der Waals surface area contributed by atoms with Gasteiger partial charge in [0.25, 0.3) is 5.91 Å². The zero-order valence-corrected chi connectivity index (χ0v) is 13.1. The Labute approximate surface area is 124 Å². The molecule has 0 aliphatic carbocycles. The van der Waals surface area contributed by atoms with Gasteiger partial charge in [-0.05, 0) is 53.4 Å². The molecular weight excluding hydrogens is 362 g/mol. The molecule has 1 saturated heterocycles. The molecule has 1 unspecified atom stereocenters. The van der Waals surface area contributed by atoms with Crippen molar-refractivity contribution in [1.82, 2.24) is 5.32 Å². The summed E-state index contributed by atoms with van der Waals surface area (Å²) in [5.41, 5.74) is 0.658. The Kier molecular flexibility index (Phi) is 5.21. The monoisotopic (exact) mass is 375 g/mol. The molecule has 0 bridgehead atoms. The second-order valence-electron chi connectivity index (χ2n) is 4.30. The molecule has 3 nitrogen and oxygen atoms in total. The van der Waals surface area contributed by atoms with Crippen molar-refractivity contribution in [3.63, 3.8) is 0 Å². The fraction of sp³-hybridized carbons (Fsp3) is 0.462. The molecule has 0 radical (unpaired) electrons. The first-order chi connectivity index (χ1) is 8.66. The zero-order valence-electron chi connectivity index (χ0n) is 9.92. The standard InChI is InChI=1S/C13H15Br2NO2/c14-9-3-4-11(12(15)8-9)13(17)16-6-5-10-2-1-7-18-10/h3-4,8,10H,1-2,5-7H2,(H,16,17). The number of carbonyl (C=O) groups excluding carboxylic acids is 1. The van der Waals surface area contributed by atoms with Crippen molar-refractivity contribution in [2.75, 3.05) is 13.2 Å². The van der Waals surface area contributed by atoms with Gasteiger partial charge in [0.05, 0.1) is 11.7 Å². The number of halogens is 2. The average Bonchev–Trinajstić information content (AvgIpc) is 2.81. The van der Waals surface area contributed by atoms with E-state index in [9.17, 15) is 4.79 Å². The summed E-state index contributed by atoms with van der Waals surface area (Å²) >= 11 is 6.75. The fourth-order valence-corrected chi connectivity index (χ4v) is 3.21. The summed E-state index contributed by atoms with van der Waals surface area (Å²) in [6.45, 7) is 1.52. The van der Waals surface area contributed by atoms with E-state index in [1.807, 2.05) is 12.1 Å². The van der Waals surface area contributed by atoms with E-state index in [1.165, 1.54) is 0 Å². The van der Waals surface area contributed by atoms with Gasteiger partial charge in [0.1, 0.15) is 0 Å². The first-order valence-electron chi connectivity index (χ1n) is 6.01. The third kappa shape index (κ3) is 3.80. The van der Waals surface area contributed by atoms with Gasteiger partial charge in [0.15, 0.2) is 0 Å². The van der Waals surface area contributed by atoms with Crippen molar-refractivity contribution in [1.29, 1.82) is 0 Å². The van der Waals surface area contributed by atoms with Crippen molar-refractivity contribution >= 4 is 37.8 Å². The number of ether oxygens (including phenoxy) is 1. The Hall–Kier alpha value is -0.390. The van der Waals surface area contributed by atoms with Crippen LogP contribution in [0.4, 0.5) is 0 Å². The Morgan fingerprint density at radius 3 is 2.94 bits per heavy atom. The normalized spacial score (nSPS) is 18.9. The highest BCUT2D eigenvalue weighted by molar-refractivity contribution is 9.11. The van der Waals surface area contributed by atoms with E-state index in [1.54, 1.807) is 6.07 Å². The van der Waals surface area contributed by atoms with Gasteiger partial charge in [-0.2, -0.15) is 0 Å². The minimum Gasteiger partial charge on any atom is -0.378 e. The number of amides is 1. The van der Waals surface area contributed by atoms with E-state index in [0.29, 0.717) is 18.2 Å². The van der Waals surface area contributed by atoms with Gasteiger partial charge in [-0.3, -0.25) is 4.79 Å². The van der Waals surface area contributed by atoms with Gasteiger partial charge in [0.2, 0.25) is 0 Å². The quantitative estimate of drug-likeness (QED) is 0.873. The molecule has 1 aromatic carbocycles. The third-order valence-corrected chi connectivity index (χ3v) is 4.10. The molecule has 1 N–H and O–H groups in total.